The lowest BCUT2D eigenvalue weighted by atomic mass is 10.0. The fourth-order valence-electron chi connectivity index (χ4n) is 2.98. The number of piperidine rings is 1. The Morgan fingerprint density at radius 2 is 1.92 bits per heavy atom. The summed E-state index contributed by atoms with van der Waals surface area (Å²) in [7, 11) is 0. The molecule has 0 aliphatic carbocycles. The van der Waals surface area contributed by atoms with Crippen LogP contribution in [0.4, 0.5) is 5.69 Å². The van der Waals surface area contributed by atoms with Gasteiger partial charge in [-0.2, -0.15) is 0 Å². The summed E-state index contributed by atoms with van der Waals surface area (Å²) < 4.78 is 1.32. The summed E-state index contributed by atoms with van der Waals surface area (Å²) in [4.78, 5) is 38.3. The van der Waals surface area contributed by atoms with Crippen molar-refractivity contribution in [1.82, 2.24) is 9.88 Å². The van der Waals surface area contributed by atoms with Gasteiger partial charge in [0.05, 0.1) is 0 Å². The van der Waals surface area contributed by atoms with Crippen LogP contribution in [0, 0.1) is 6.92 Å². The minimum atomic E-state index is -0.554. The first-order valence-corrected chi connectivity index (χ1v) is 8.37. The molecule has 1 saturated heterocycles. The zero-order valence-corrected chi connectivity index (χ0v) is 14.1. The van der Waals surface area contributed by atoms with Gasteiger partial charge in [0.25, 0.3) is 5.56 Å². The summed E-state index contributed by atoms with van der Waals surface area (Å²) in [5, 5.41) is 2.77. The number of hydrogen-bond acceptors (Lipinski definition) is 3. The van der Waals surface area contributed by atoms with Crippen molar-refractivity contribution < 1.29 is 9.59 Å². The van der Waals surface area contributed by atoms with Gasteiger partial charge in [0, 0.05) is 24.5 Å². The number of hydrogen-bond donors (Lipinski definition) is 1. The molecule has 25 heavy (non-hydrogen) atoms. The predicted molar refractivity (Wildman–Crippen MR) is 95.4 cm³/mol. The fourth-order valence-corrected chi connectivity index (χ4v) is 2.98. The van der Waals surface area contributed by atoms with E-state index in [4.69, 9.17) is 0 Å². The molecule has 6 nitrogen and oxygen atoms in total. The third-order valence-corrected chi connectivity index (χ3v) is 4.33. The predicted octanol–water partition coefficient (Wildman–Crippen LogP) is 1.47. The molecular weight excluding hydrogens is 318 g/mol. The molecule has 0 unspecified atom stereocenters. The quantitative estimate of drug-likeness (QED) is 0.917. The van der Waals surface area contributed by atoms with Crippen LogP contribution in [0.1, 0.15) is 18.4 Å². The Labute approximate surface area is 146 Å². The van der Waals surface area contributed by atoms with Crippen molar-refractivity contribution in [2.45, 2.75) is 32.4 Å². The summed E-state index contributed by atoms with van der Waals surface area (Å²) in [5.41, 5.74) is 1.73. The van der Waals surface area contributed by atoms with E-state index in [2.05, 4.69) is 5.32 Å². The van der Waals surface area contributed by atoms with Gasteiger partial charge in [-0.3, -0.25) is 14.4 Å². The minimum Gasteiger partial charge on any atom is -0.343 e. The number of carbonyl (C=O) groups excluding carboxylic acids is 2. The van der Waals surface area contributed by atoms with Crippen LogP contribution in [0.5, 0.6) is 0 Å². The van der Waals surface area contributed by atoms with Crippen LogP contribution in [0.2, 0.25) is 0 Å². The third-order valence-electron chi connectivity index (χ3n) is 4.33. The van der Waals surface area contributed by atoms with Crippen LogP contribution < -0.4 is 15.8 Å². The molecule has 2 heterocycles. The normalized spacial score (nSPS) is 17.4. The summed E-state index contributed by atoms with van der Waals surface area (Å²) in [5.74, 6) is -0.443. The second-order valence-electron chi connectivity index (χ2n) is 6.25. The molecule has 130 valence electrons. The monoisotopic (exact) mass is 339 g/mol. The molecule has 0 spiro atoms. The first kappa shape index (κ1) is 17.0. The van der Waals surface area contributed by atoms with Crippen molar-refractivity contribution in [3.05, 3.63) is 64.6 Å². The Bertz CT molecular complexity index is 826. The number of nitrogens with one attached hydrogen (secondary N) is 1. The summed E-state index contributed by atoms with van der Waals surface area (Å²) in [6.45, 7) is 2.55. The Balaban J connectivity index is 1.67. The van der Waals surface area contributed by atoms with E-state index in [1.54, 1.807) is 23.2 Å². The number of aromatic nitrogens is 1. The SMILES string of the molecule is Cc1ccc(N2CCC[C@H](NC(=O)Cn3ccccc3=O)C2=O)cc1. The molecule has 2 amide bonds. The Kier molecular flexibility index (Phi) is 4.97. The maximum Gasteiger partial charge on any atom is 0.250 e. The van der Waals surface area contributed by atoms with E-state index in [9.17, 15) is 14.4 Å². The first-order chi connectivity index (χ1) is 12.0. The second-order valence-corrected chi connectivity index (χ2v) is 6.25. The lowest BCUT2D eigenvalue weighted by Crippen LogP contribution is -2.53. The lowest BCUT2D eigenvalue weighted by Gasteiger charge is -2.32. The molecule has 1 aliphatic heterocycles. The first-order valence-electron chi connectivity index (χ1n) is 8.37. The van der Waals surface area contributed by atoms with Crippen LogP contribution >= 0.6 is 0 Å². The lowest BCUT2D eigenvalue weighted by molar-refractivity contribution is -0.128. The molecule has 6 heteroatoms. The van der Waals surface area contributed by atoms with Gasteiger partial charge < -0.3 is 14.8 Å². The van der Waals surface area contributed by atoms with E-state index in [-0.39, 0.29) is 23.9 Å². The van der Waals surface area contributed by atoms with Crippen LogP contribution in [0.25, 0.3) is 0 Å². The highest BCUT2D eigenvalue weighted by Crippen LogP contribution is 2.21. The number of carbonyl (C=O) groups is 2. The van der Waals surface area contributed by atoms with Crippen LogP contribution in [-0.2, 0) is 16.1 Å². The zero-order chi connectivity index (χ0) is 17.8. The summed E-state index contributed by atoms with van der Waals surface area (Å²) in [6, 6.07) is 11.9. The van der Waals surface area contributed by atoms with Gasteiger partial charge in [0.1, 0.15) is 12.6 Å². The van der Waals surface area contributed by atoms with Crippen molar-refractivity contribution >= 4 is 17.5 Å². The van der Waals surface area contributed by atoms with Crippen molar-refractivity contribution in [2.24, 2.45) is 0 Å². The molecule has 1 aromatic carbocycles. The van der Waals surface area contributed by atoms with Crippen molar-refractivity contribution in [2.75, 3.05) is 11.4 Å². The van der Waals surface area contributed by atoms with Crippen molar-refractivity contribution in [1.29, 1.82) is 0 Å². The Hall–Kier alpha value is -2.89. The van der Waals surface area contributed by atoms with E-state index in [1.165, 1.54) is 10.6 Å². The smallest absolute Gasteiger partial charge is 0.250 e. The number of rotatable bonds is 4. The highest BCUT2D eigenvalue weighted by molar-refractivity contribution is 5.99. The highest BCUT2D eigenvalue weighted by Gasteiger charge is 2.30. The Morgan fingerprint density at radius 3 is 2.64 bits per heavy atom. The molecule has 0 radical (unpaired) electrons. The summed E-state index contributed by atoms with van der Waals surface area (Å²) in [6.07, 6.45) is 2.98. The molecule has 1 fully saturated rings. The van der Waals surface area contributed by atoms with Gasteiger partial charge >= 0.3 is 0 Å². The van der Waals surface area contributed by atoms with Gasteiger partial charge in [0.15, 0.2) is 0 Å². The van der Waals surface area contributed by atoms with E-state index in [0.29, 0.717) is 13.0 Å². The molecule has 1 atom stereocenters. The van der Waals surface area contributed by atoms with Gasteiger partial charge in [-0.15, -0.1) is 0 Å². The molecule has 0 bridgehead atoms. The molecular formula is C19H21N3O3. The molecule has 3 rings (SSSR count). The van der Waals surface area contributed by atoms with Crippen molar-refractivity contribution in [3.63, 3.8) is 0 Å². The highest BCUT2D eigenvalue weighted by atomic mass is 16.2. The minimum absolute atomic E-state index is 0.0893. The summed E-state index contributed by atoms with van der Waals surface area (Å²) >= 11 is 0. The molecule has 2 aromatic rings. The van der Waals surface area contributed by atoms with Gasteiger partial charge in [-0.25, -0.2) is 0 Å². The van der Waals surface area contributed by atoms with E-state index < -0.39 is 6.04 Å². The maximum absolute atomic E-state index is 12.7. The van der Waals surface area contributed by atoms with Gasteiger partial charge in [-0.1, -0.05) is 23.8 Å². The average molecular weight is 339 g/mol. The number of anilines is 1. The number of aryl methyl sites for hydroxylation is 1. The van der Waals surface area contributed by atoms with Crippen LogP contribution in [-0.4, -0.2) is 29.0 Å². The zero-order valence-electron chi connectivity index (χ0n) is 14.1. The molecule has 1 aromatic heterocycles. The van der Waals surface area contributed by atoms with Crippen LogP contribution in [0.15, 0.2) is 53.5 Å². The standard InChI is InChI=1S/C19H21N3O3/c1-14-7-9-15(10-8-14)22-12-4-5-16(19(22)25)20-17(23)13-21-11-3-2-6-18(21)24/h2-3,6-11,16H,4-5,12-13H2,1H3,(H,20,23)/t16-/m0/s1. The number of amides is 2. The number of nitrogens with zero attached hydrogens (tertiary/aromatic N) is 2. The second kappa shape index (κ2) is 7.34. The van der Waals surface area contributed by atoms with Gasteiger partial charge in [-0.05, 0) is 38.0 Å². The van der Waals surface area contributed by atoms with Gasteiger partial charge in [0.2, 0.25) is 11.8 Å². The van der Waals surface area contributed by atoms with E-state index in [1.807, 2.05) is 31.2 Å². The Morgan fingerprint density at radius 1 is 1.16 bits per heavy atom. The molecule has 1 aliphatic rings. The third kappa shape index (κ3) is 3.96. The maximum atomic E-state index is 12.7. The largest absolute Gasteiger partial charge is 0.343 e. The molecule has 1 N–H and O–H groups in total. The average Bonchev–Trinajstić information content (AvgIpc) is 2.60. The van der Waals surface area contributed by atoms with Crippen molar-refractivity contribution in [3.8, 4) is 0 Å². The topological polar surface area (TPSA) is 71.4 Å². The number of benzene rings is 1. The van der Waals surface area contributed by atoms with Crippen LogP contribution in [0.3, 0.4) is 0 Å². The number of pyridine rings is 1. The molecule has 0 saturated carbocycles. The van der Waals surface area contributed by atoms with E-state index >= 15 is 0 Å². The van der Waals surface area contributed by atoms with E-state index in [0.717, 1.165) is 17.7 Å². The fraction of sp³-hybridized carbons (Fsp3) is 0.316.